The molecule has 0 saturated heterocycles. The first-order valence-corrected chi connectivity index (χ1v) is 7.08. The Morgan fingerprint density at radius 1 is 1.33 bits per heavy atom. The van der Waals surface area contributed by atoms with Gasteiger partial charge in [0, 0.05) is 32.1 Å². The van der Waals surface area contributed by atoms with E-state index in [1.807, 2.05) is 0 Å². The van der Waals surface area contributed by atoms with E-state index in [0.29, 0.717) is 5.92 Å². The predicted octanol–water partition coefficient (Wildman–Crippen LogP) is 3.02. The van der Waals surface area contributed by atoms with Gasteiger partial charge in [-0.15, -0.1) is 0 Å². The summed E-state index contributed by atoms with van der Waals surface area (Å²) in [6, 6.07) is 2.06. The molecule has 0 bridgehead atoms. The average Bonchev–Trinajstić information content (AvgIpc) is 3.20. The second-order valence-electron chi connectivity index (χ2n) is 5.05. The minimum Gasteiger partial charge on any atom is -0.370 e. The summed E-state index contributed by atoms with van der Waals surface area (Å²) in [5, 5.41) is 3.30. The first kappa shape index (κ1) is 13.1. The lowest BCUT2D eigenvalue weighted by Crippen LogP contribution is -2.20. The summed E-state index contributed by atoms with van der Waals surface area (Å²) in [6.45, 7) is 6.27. The van der Waals surface area contributed by atoms with E-state index in [0.717, 1.165) is 30.5 Å². The van der Waals surface area contributed by atoms with Crippen LogP contribution in [0.3, 0.4) is 0 Å². The van der Waals surface area contributed by atoms with Crippen molar-refractivity contribution in [3.8, 4) is 0 Å². The van der Waals surface area contributed by atoms with Crippen LogP contribution in [0.4, 0.5) is 11.6 Å². The number of anilines is 2. The lowest BCUT2D eigenvalue weighted by molar-refractivity contribution is 0.753. The van der Waals surface area contributed by atoms with Crippen LogP contribution in [0.2, 0.25) is 0 Å². The number of hydrogen-bond acceptors (Lipinski definition) is 4. The van der Waals surface area contributed by atoms with Gasteiger partial charge in [0.05, 0.1) is 0 Å². The van der Waals surface area contributed by atoms with E-state index in [2.05, 4.69) is 42.2 Å². The van der Waals surface area contributed by atoms with Crippen molar-refractivity contribution in [1.29, 1.82) is 0 Å². The molecule has 0 spiro atoms. The van der Waals surface area contributed by atoms with Gasteiger partial charge in [0.15, 0.2) is 0 Å². The van der Waals surface area contributed by atoms with Gasteiger partial charge in [-0.25, -0.2) is 9.97 Å². The molecular formula is C14H24N4. The van der Waals surface area contributed by atoms with Gasteiger partial charge in [-0.3, -0.25) is 0 Å². The fourth-order valence-electron chi connectivity index (χ4n) is 1.95. The summed E-state index contributed by atoms with van der Waals surface area (Å²) in [7, 11) is 2.12. The summed E-state index contributed by atoms with van der Waals surface area (Å²) in [5.74, 6) is 3.64. The second kappa shape index (κ2) is 6.03. The summed E-state index contributed by atoms with van der Waals surface area (Å²) in [4.78, 5) is 11.5. The van der Waals surface area contributed by atoms with E-state index in [1.54, 1.807) is 0 Å². The highest BCUT2D eigenvalue weighted by molar-refractivity contribution is 5.49. The van der Waals surface area contributed by atoms with Crippen LogP contribution in [-0.4, -0.2) is 30.1 Å². The van der Waals surface area contributed by atoms with Crippen molar-refractivity contribution in [3.63, 3.8) is 0 Å². The third kappa shape index (κ3) is 3.34. The maximum absolute atomic E-state index is 4.71. The van der Waals surface area contributed by atoms with E-state index in [4.69, 9.17) is 4.98 Å². The molecule has 4 heteroatoms. The Morgan fingerprint density at radius 3 is 2.72 bits per heavy atom. The molecule has 0 atom stereocenters. The standard InChI is InChI=1S/C14H24N4/c1-4-6-9-18(3)13-10-12(15-5-2)16-14(17-13)11-7-8-11/h10-11H,4-9H2,1-3H3,(H,15,16,17). The van der Waals surface area contributed by atoms with Gasteiger partial charge < -0.3 is 10.2 Å². The number of rotatable bonds is 7. The monoisotopic (exact) mass is 248 g/mol. The van der Waals surface area contributed by atoms with Gasteiger partial charge in [-0.1, -0.05) is 13.3 Å². The number of unbranched alkanes of at least 4 members (excludes halogenated alkanes) is 1. The Balaban J connectivity index is 2.16. The fourth-order valence-corrected chi connectivity index (χ4v) is 1.95. The summed E-state index contributed by atoms with van der Waals surface area (Å²) in [6.07, 6.45) is 4.90. The number of nitrogens with zero attached hydrogens (tertiary/aromatic N) is 3. The molecule has 2 rings (SSSR count). The van der Waals surface area contributed by atoms with Crippen LogP contribution in [0.15, 0.2) is 6.07 Å². The molecule has 0 unspecified atom stereocenters. The first-order chi connectivity index (χ1) is 8.74. The van der Waals surface area contributed by atoms with Gasteiger partial charge >= 0.3 is 0 Å². The van der Waals surface area contributed by atoms with E-state index in [9.17, 15) is 0 Å². The topological polar surface area (TPSA) is 41.0 Å². The largest absolute Gasteiger partial charge is 0.370 e. The number of aromatic nitrogens is 2. The highest BCUT2D eigenvalue weighted by Crippen LogP contribution is 2.39. The normalized spacial score (nSPS) is 14.6. The van der Waals surface area contributed by atoms with Gasteiger partial charge in [-0.2, -0.15) is 0 Å². The first-order valence-electron chi connectivity index (χ1n) is 7.08. The van der Waals surface area contributed by atoms with Crippen LogP contribution < -0.4 is 10.2 Å². The minimum atomic E-state index is 0.599. The molecule has 1 fully saturated rings. The van der Waals surface area contributed by atoms with E-state index >= 15 is 0 Å². The minimum absolute atomic E-state index is 0.599. The summed E-state index contributed by atoms with van der Waals surface area (Å²) >= 11 is 0. The highest BCUT2D eigenvalue weighted by Gasteiger charge is 2.27. The molecule has 1 aliphatic rings. The molecule has 18 heavy (non-hydrogen) atoms. The van der Waals surface area contributed by atoms with E-state index in [1.165, 1.54) is 25.7 Å². The molecule has 0 aromatic carbocycles. The third-order valence-electron chi connectivity index (χ3n) is 3.27. The fraction of sp³-hybridized carbons (Fsp3) is 0.714. The number of nitrogens with one attached hydrogen (secondary N) is 1. The van der Waals surface area contributed by atoms with Gasteiger partial charge in [0.2, 0.25) is 0 Å². The van der Waals surface area contributed by atoms with Crippen LogP contribution >= 0.6 is 0 Å². The Hall–Kier alpha value is -1.32. The van der Waals surface area contributed by atoms with Crippen molar-refractivity contribution in [1.82, 2.24) is 9.97 Å². The smallest absolute Gasteiger partial charge is 0.136 e. The maximum Gasteiger partial charge on any atom is 0.136 e. The van der Waals surface area contributed by atoms with Gasteiger partial charge in [0.1, 0.15) is 17.5 Å². The Bertz CT molecular complexity index is 387. The van der Waals surface area contributed by atoms with Crippen LogP contribution in [0.1, 0.15) is 51.3 Å². The molecular weight excluding hydrogens is 224 g/mol. The summed E-state index contributed by atoms with van der Waals surface area (Å²) in [5.41, 5.74) is 0. The Kier molecular flexibility index (Phi) is 4.39. The van der Waals surface area contributed by atoms with Crippen molar-refractivity contribution >= 4 is 11.6 Å². The second-order valence-corrected chi connectivity index (χ2v) is 5.05. The Labute approximate surface area is 110 Å². The van der Waals surface area contributed by atoms with Crippen molar-refractivity contribution in [2.45, 2.75) is 45.4 Å². The summed E-state index contributed by atoms with van der Waals surface area (Å²) < 4.78 is 0. The highest BCUT2D eigenvalue weighted by atomic mass is 15.2. The molecule has 100 valence electrons. The molecule has 0 aliphatic heterocycles. The molecule has 1 aromatic rings. The molecule has 1 N–H and O–H groups in total. The zero-order valence-corrected chi connectivity index (χ0v) is 11.7. The van der Waals surface area contributed by atoms with Crippen molar-refractivity contribution in [2.24, 2.45) is 0 Å². The molecule has 1 aromatic heterocycles. The predicted molar refractivity (Wildman–Crippen MR) is 76.3 cm³/mol. The van der Waals surface area contributed by atoms with Crippen molar-refractivity contribution in [2.75, 3.05) is 30.4 Å². The molecule has 4 nitrogen and oxygen atoms in total. The van der Waals surface area contributed by atoms with Crippen LogP contribution in [-0.2, 0) is 0 Å². The van der Waals surface area contributed by atoms with Crippen molar-refractivity contribution in [3.05, 3.63) is 11.9 Å². The maximum atomic E-state index is 4.71. The van der Waals surface area contributed by atoms with Gasteiger partial charge in [0.25, 0.3) is 0 Å². The molecule has 0 amide bonds. The molecule has 0 radical (unpaired) electrons. The van der Waals surface area contributed by atoms with E-state index < -0.39 is 0 Å². The average molecular weight is 248 g/mol. The van der Waals surface area contributed by atoms with Crippen LogP contribution in [0, 0.1) is 0 Å². The lowest BCUT2D eigenvalue weighted by Gasteiger charge is -2.19. The van der Waals surface area contributed by atoms with Crippen LogP contribution in [0.25, 0.3) is 0 Å². The zero-order chi connectivity index (χ0) is 13.0. The zero-order valence-electron chi connectivity index (χ0n) is 11.7. The van der Waals surface area contributed by atoms with Gasteiger partial charge in [-0.05, 0) is 26.2 Å². The lowest BCUT2D eigenvalue weighted by atomic mass is 10.3. The molecule has 1 saturated carbocycles. The molecule has 1 aliphatic carbocycles. The Morgan fingerprint density at radius 2 is 2.11 bits per heavy atom. The van der Waals surface area contributed by atoms with Crippen LogP contribution in [0.5, 0.6) is 0 Å². The van der Waals surface area contributed by atoms with E-state index in [-0.39, 0.29) is 0 Å². The number of hydrogen-bond donors (Lipinski definition) is 1. The third-order valence-corrected chi connectivity index (χ3v) is 3.27. The quantitative estimate of drug-likeness (QED) is 0.805. The SMILES string of the molecule is CCCCN(C)c1cc(NCC)nc(C2CC2)n1. The molecule has 1 heterocycles. The van der Waals surface area contributed by atoms with Crippen molar-refractivity contribution < 1.29 is 0 Å².